The van der Waals surface area contributed by atoms with Gasteiger partial charge in [-0.2, -0.15) is 23.1 Å². The van der Waals surface area contributed by atoms with Crippen molar-refractivity contribution in [3.8, 4) is 0 Å². The van der Waals surface area contributed by atoms with E-state index in [-0.39, 0.29) is 16.5 Å². The molecule has 1 saturated heterocycles. The average molecular weight is 254 g/mol. The Morgan fingerprint density at radius 1 is 1.57 bits per heavy atom. The van der Waals surface area contributed by atoms with Crippen LogP contribution in [0.3, 0.4) is 0 Å². The maximum atomic E-state index is 11.6. The highest BCUT2D eigenvalue weighted by Crippen LogP contribution is 2.55. The van der Waals surface area contributed by atoms with Crippen LogP contribution in [0, 0.1) is 0 Å². The molecular formula is C5H11F3O4P2. The van der Waals surface area contributed by atoms with E-state index in [1.807, 2.05) is 0 Å². The normalized spacial score (nSPS) is 32.7. The highest BCUT2D eigenvalue weighted by atomic mass is 31.2. The van der Waals surface area contributed by atoms with Gasteiger partial charge in [0.25, 0.3) is 0 Å². The molecule has 3 unspecified atom stereocenters. The zero-order chi connectivity index (χ0) is 10.1. The van der Waals surface area contributed by atoms with E-state index in [0.29, 0.717) is 0 Å². The first-order valence-electron chi connectivity index (χ1n) is 3.45. The van der Waals surface area contributed by atoms with Crippen molar-refractivity contribution in [2.75, 3.05) is 13.2 Å². The number of phosphoric acid groups is 1. The summed E-state index contributed by atoms with van der Waals surface area (Å²) in [6.45, 7) is -0.122. The molecule has 0 aromatic carbocycles. The lowest BCUT2D eigenvalue weighted by molar-refractivity contribution is -0.157. The van der Waals surface area contributed by atoms with E-state index in [0.717, 1.165) is 0 Å². The van der Waals surface area contributed by atoms with Crippen molar-refractivity contribution in [1.82, 2.24) is 0 Å². The predicted octanol–water partition coefficient (Wildman–Crippen LogP) is 2.17. The van der Waals surface area contributed by atoms with Gasteiger partial charge in [0.2, 0.25) is 0 Å². The van der Waals surface area contributed by atoms with Crippen molar-refractivity contribution in [2.24, 2.45) is 0 Å². The van der Waals surface area contributed by atoms with Gasteiger partial charge in [-0.05, 0) is 6.92 Å². The molecule has 0 aromatic rings. The molecule has 86 valence electrons. The van der Waals surface area contributed by atoms with Crippen molar-refractivity contribution in [2.45, 2.75) is 19.2 Å². The summed E-state index contributed by atoms with van der Waals surface area (Å²) in [4.78, 5) is 0. The molecule has 14 heavy (non-hydrogen) atoms. The van der Waals surface area contributed by atoms with E-state index >= 15 is 0 Å². The smallest absolute Gasteiger partial charge is 0.284 e. The summed E-state index contributed by atoms with van der Waals surface area (Å²) < 4.78 is 59.0. The van der Waals surface area contributed by atoms with Crippen LogP contribution in [0.5, 0.6) is 0 Å². The van der Waals surface area contributed by atoms with Crippen LogP contribution in [0.15, 0.2) is 0 Å². The van der Waals surface area contributed by atoms with Gasteiger partial charge in [0.15, 0.2) is 6.61 Å². The summed E-state index contributed by atoms with van der Waals surface area (Å²) in [5, 5.41) is 0. The molecule has 1 aliphatic heterocycles. The lowest BCUT2D eigenvalue weighted by atomic mass is 10.5. The Morgan fingerprint density at radius 2 is 2.14 bits per heavy atom. The van der Waals surface area contributed by atoms with Crippen LogP contribution in [0.25, 0.3) is 0 Å². The van der Waals surface area contributed by atoms with Gasteiger partial charge in [0.1, 0.15) is 0 Å². The lowest BCUT2D eigenvalue weighted by Crippen LogP contribution is -2.16. The molecule has 0 spiro atoms. The fourth-order valence-corrected chi connectivity index (χ4v) is 2.09. The minimum atomic E-state index is -4.53. The van der Waals surface area contributed by atoms with Gasteiger partial charge in [-0.25, -0.2) is 4.57 Å². The first-order chi connectivity index (χ1) is 5.81. The van der Waals surface area contributed by atoms with E-state index in [1.54, 1.807) is 0 Å². The first-order valence-corrected chi connectivity index (χ1v) is 4.91. The summed E-state index contributed by atoms with van der Waals surface area (Å²) >= 11 is 0. The molecule has 0 aromatic heterocycles. The van der Waals surface area contributed by atoms with Gasteiger partial charge in [0.05, 0.1) is 12.7 Å². The fraction of sp³-hybridized carbons (Fsp3) is 1.00. The van der Waals surface area contributed by atoms with E-state index in [4.69, 9.17) is 0 Å². The molecule has 4 nitrogen and oxygen atoms in total. The quantitative estimate of drug-likeness (QED) is 0.708. The summed E-state index contributed by atoms with van der Waals surface area (Å²) in [7, 11) is -3.94. The predicted molar refractivity (Wildman–Crippen MR) is 47.2 cm³/mol. The van der Waals surface area contributed by atoms with Crippen molar-refractivity contribution in [3.05, 3.63) is 0 Å². The van der Waals surface area contributed by atoms with Crippen molar-refractivity contribution in [3.63, 3.8) is 0 Å². The van der Waals surface area contributed by atoms with Crippen LogP contribution in [0.1, 0.15) is 6.92 Å². The monoisotopic (exact) mass is 254 g/mol. The summed E-state index contributed by atoms with van der Waals surface area (Å²) in [6, 6.07) is 0. The topological polar surface area (TPSA) is 44.8 Å². The highest BCUT2D eigenvalue weighted by molar-refractivity contribution is 7.48. The minimum absolute atomic E-state index is 0. The lowest BCUT2D eigenvalue weighted by Gasteiger charge is -2.11. The Hall–Kier alpha value is 0.330. The molecule has 0 bridgehead atoms. The Morgan fingerprint density at radius 3 is 2.50 bits per heavy atom. The Kier molecular flexibility index (Phi) is 5.02. The summed E-state index contributed by atoms with van der Waals surface area (Å²) in [6.07, 6.45) is -5.03. The molecule has 9 heteroatoms. The van der Waals surface area contributed by atoms with Gasteiger partial charge in [0, 0.05) is 0 Å². The van der Waals surface area contributed by atoms with Crippen LogP contribution in [0.4, 0.5) is 13.2 Å². The number of rotatable bonds is 2. The number of hydrogen-bond acceptors (Lipinski definition) is 4. The van der Waals surface area contributed by atoms with Gasteiger partial charge in [-0.15, -0.1) is 0 Å². The fourth-order valence-electron chi connectivity index (χ4n) is 0.697. The molecule has 0 saturated carbocycles. The maximum Gasteiger partial charge on any atom is 0.475 e. The molecule has 1 fully saturated rings. The molecule has 0 N–H and O–H groups in total. The van der Waals surface area contributed by atoms with Gasteiger partial charge in [-0.3, -0.25) is 13.6 Å². The minimum Gasteiger partial charge on any atom is -0.284 e. The molecule has 0 aliphatic carbocycles. The second-order valence-corrected chi connectivity index (χ2v) is 4.17. The molecule has 1 rings (SSSR count). The Balaban J connectivity index is 0.00000169. The average Bonchev–Trinajstić information content (AvgIpc) is 2.27. The Bertz CT molecular complexity index is 232. The number of hydrogen-bond donors (Lipinski definition) is 0. The van der Waals surface area contributed by atoms with Crippen molar-refractivity contribution < 1.29 is 31.3 Å². The van der Waals surface area contributed by atoms with E-state index < -0.39 is 26.7 Å². The van der Waals surface area contributed by atoms with Crippen LogP contribution in [-0.4, -0.2) is 25.5 Å². The van der Waals surface area contributed by atoms with E-state index in [9.17, 15) is 17.7 Å². The maximum absolute atomic E-state index is 11.6. The van der Waals surface area contributed by atoms with Crippen LogP contribution in [-0.2, 0) is 18.1 Å². The Labute approximate surface area is 82.3 Å². The molecule has 3 atom stereocenters. The van der Waals surface area contributed by atoms with E-state index in [2.05, 4.69) is 13.6 Å². The highest BCUT2D eigenvalue weighted by Gasteiger charge is 2.40. The third-order valence-corrected chi connectivity index (χ3v) is 2.69. The van der Waals surface area contributed by atoms with Crippen molar-refractivity contribution in [1.29, 1.82) is 0 Å². The zero-order valence-corrected chi connectivity index (χ0v) is 9.72. The van der Waals surface area contributed by atoms with Gasteiger partial charge >= 0.3 is 14.0 Å². The molecular weight excluding hydrogens is 243 g/mol. The third kappa shape index (κ3) is 4.71. The second-order valence-electron chi connectivity index (χ2n) is 2.55. The molecule has 0 amide bonds. The summed E-state index contributed by atoms with van der Waals surface area (Å²) in [5.41, 5.74) is 0. The van der Waals surface area contributed by atoms with Gasteiger partial charge < -0.3 is 0 Å². The van der Waals surface area contributed by atoms with Crippen molar-refractivity contribution >= 4 is 17.7 Å². The van der Waals surface area contributed by atoms with Crippen LogP contribution < -0.4 is 0 Å². The van der Waals surface area contributed by atoms with Crippen LogP contribution >= 0.6 is 17.7 Å². The number of alkyl halides is 3. The molecule has 1 aliphatic rings. The SMILES string of the molecule is CC1COP(=O)(OCC(F)(F)F)O1.P. The summed E-state index contributed by atoms with van der Waals surface area (Å²) in [5.74, 6) is 0. The number of halogens is 3. The molecule has 1 heterocycles. The molecule has 0 radical (unpaired) electrons. The second kappa shape index (κ2) is 4.90. The third-order valence-electron chi connectivity index (χ3n) is 1.16. The van der Waals surface area contributed by atoms with E-state index in [1.165, 1.54) is 6.92 Å². The number of phosphoric ester groups is 1. The standard InChI is InChI=1S/C5H8F3O4P.H3P/c1-4-2-10-13(9,12-4)11-3-5(6,7)8;/h4H,2-3H2,1H3;1H3. The van der Waals surface area contributed by atoms with Crippen LogP contribution in [0.2, 0.25) is 0 Å². The first kappa shape index (κ1) is 14.3. The van der Waals surface area contributed by atoms with Gasteiger partial charge in [-0.1, -0.05) is 0 Å². The zero-order valence-electron chi connectivity index (χ0n) is 7.41. The largest absolute Gasteiger partial charge is 0.475 e.